The molecule has 1 N–H and O–H groups in total. The van der Waals surface area contributed by atoms with Gasteiger partial charge in [-0.2, -0.15) is 0 Å². The molecule has 2 aromatic carbocycles. The monoisotopic (exact) mass is 281 g/mol. The molecule has 0 aliphatic rings. The van der Waals surface area contributed by atoms with Crippen molar-refractivity contribution in [2.45, 2.75) is 46.2 Å². The summed E-state index contributed by atoms with van der Waals surface area (Å²) in [6.07, 6.45) is 1.00. The van der Waals surface area contributed by atoms with Gasteiger partial charge < -0.3 is 5.32 Å². The fourth-order valence-electron chi connectivity index (χ4n) is 2.70. The molecule has 2 aromatic rings. The number of hydrogen-bond acceptors (Lipinski definition) is 1. The van der Waals surface area contributed by atoms with Crippen LogP contribution in [0.2, 0.25) is 0 Å². The van der Waals surface area contributed by atoms with Gasteiger partial charge in [0, 0.05) is 12.1 Å². The SMILES string of the molecule is C=C(C(C)C)C(Cc1ccc2ccccc2c1)NC(C)C. The topological polar surface area (TPSA) is 12.0 Å². The summed E-state index contributed by atoms with van der Waals surface area (Å²) in [5.41, 5.74) is 2.66. The predicted molar refractivity (Wildman–Crippen MR) is 93.7 cm³/mol. The van der Waals surface area contributed by atoms with E-state index in [2.05, 4.69) is 82.1 Å². The summed E-state index contributed by atoms with van der Waals surface area (Å²) in [6.45, 7) is 13.1. The van der Waals surface area contributed by atoms with E-state index < -0.39 is 0 Å². The Morgan fingerprint density at radius 1 is 1.00 bits per heavy atom. The minimum atomic E-state index is 0.339. The summed E-state index contributed by atoms with van der Waals surface area (Å²) in [5, 5.41) is 6.27. The summed E-state index contributed by atoms with van der Waals surface area (Å²) in [4.78, 5) is 0. The molecular formula is C20H27N. The van der Waals surface area contributed by atoms with Crippen molar-refractivity contribution in [3.63, 3.8) is 0 Å². The van der Waals surface area contributed by atoms with Crippen molar-refractivity contribution in [3.8, 4) is 0 Å². The first-order valence-electron chi connectivity index (χ1n) is 7.89. The Labute approximate surface area is 129 Å². The normalized spacial score (nSPS) is 13.0. The molecule has 112 valence electrons. The van der Waals surface area contributed by atoms with Crippen LogP contribution in [0.25, 0.3) is 10.8 Å². The molecule has 0 aromatic heterocycles. The average Bonchev–Trinajstić information content (AvgIpc) is 2.45. The highest BCUT2D eigenvalue weighted by atomic mass is 14.9. The summed E-state index contributed by atoms with van der Waals surface area (Å²) in [7, 11) is 0. The van der Waals surface area contributed by atoms with Gasteiger partial charge in [-0.3, -0.25) is 0 Å². The molecule has 1 heteroatoms. The molecule has 1 unspecified atom stereocenters. The third-order valence-corrected chi connectivity index (χ3v) is 3.98. The fourth-order valence-corrected chi connectivity index (χ4v) is 2.70. The summed E-state index contributed by atoms with van der Waals surface area (Å²) < 4.78 is 0. The maximum atomic E-state index is 4.30. The van der Waals surface area contributed by atoms with Crippen LogP contribution in [0.5, 0.6) is 0 Å². The van der Waals surface area contributed by atoms with Crippen LogP contribution in [-0.4, -0.2) is 12.1 Å². The van der Waals surface area contributed by atoms with Crippen molar-refractivity contribution in [3.05, 3.63) is 60.2 Å². The summed E-state index contributed by atoms with van der Waals surface area (Å²) in [6, 6.07) is 16.1. The minimum absolute atomic E-state index is 0.339. The van der Waals surface area contributed by atoms with E-state index >= 15 is 0 Å². The molecule has 0 saturated heterocycles. The summed E-state index contributed by atoms with van der Waals surface area (Å²) >= 11 is 0. The second-order valence-electron chi connectivity index (χ2n) is 6.49. The molecular weight excluding hydrogens is 254 g/mol. The quantitative estimate of drug-likeness (QED) is 0.738. The Hall–Kier alpha value is -1.60. The van der Waals surface area contributed by atoms with E-state index in [1.54, 1.807) is 0 Å². The van der Waals surface area contributed by atoms with Gasteiger partial charge in [0.25, 0.3) is 0 Å². The molecule has 0 amide bonds. The van der Waals surface area contributed by atoms with Gasteiger partial charge in [0.15, 0.2) is 0 Å². The smallest absolute Gasteiger partial charge is 0.0322 e. The van der Waals surface area contributed by atoms with E-state index in [1.807, 2.05) is 0 Å². The highest BCUT2D eigenvalue weighted by Gasteiger charge is 2.16. The molecule has 0 bridgehead atoms. The Morgan fingerprint density at radius 2 is 1.67 bits per heavy atom. The van der Waals surface area contributed by atoms with Crippen molar-refractivity contribution in [2.75, 3.05) is 0 Å². The van der Waals surface area contributed by atoms with E-state index in [9.17, 15) is 0 Å². The van der Waals surface area contributed by atoms with E-state index in [0.717, 1.165) is 6.42 Å². The lowest BCUT2D eigenvalue weighted by Crippen LogP contribution is -2.38. The lowest BCUT2D eigenvalue weighted by Gasteiger charge is -2.26. The van der Waals surface area contributed by atoms with E-state index in [0.29, 0.717) is 18.0 Å². The molecule has 0 saturated carbocycles. The Morgan fingerprint density at radius 3 is 2.29 bits per heavy atom. The first-order chi connectivity index (χ1) is 9.97. The van der Waals surface area contributed by atoms with Gasteiger partial charge in [-0.25, -0.2) is 0 Å². The average molecular weight is 281 g/mol. The maximum Gasteiger partial charge on any atom is 0.0322 e. The zero-order valence-corrected chi connectivity index (χ0v) is 13.7. The van der Waals surface area contributed by atoms with Crippen molar-refractivity contribution in [1.29, 1.82) is 0 Å². The van der Waals surface area contributed by atoms with Gasteiger partial charge in [0.05, 0.1) is 0 Å². The van der Waals surface area contributed by atoms with Crippen molar-refractivity contribution in [2.24, 2.45) is 5.92 Å². The van der Waals surface area contributed by atoms with E-state index in [4.69, 9.17) is 0 Å². The van der Waals surface area contributed by atoms with Crippen molar-refractivity contribution in [1.82, 2.24) is 5.32 Å². The molecule has 0 aliphatic carbocycles. The Kier molecular flexibility index (Phi) is 5.19. The maximum absolute atomic E-state index is 4.30. The minimum Gasteiger partial charge on any atom is -0.308 e. The molecule has 0 spiro atoms. The van der Waals surface area contributed by atoms with Gasteiger partial charge >= 0.3 is 0 Å². The lowest BCUT2D eigenvalue weighted by molar-refractivity contribution is 0.476. The standard InChI is InChI=1S/C20H27N/c1-14(2)16(5)20(21-15(3)4)13-17-10-11-18-8-6-7-9-19(18)12-17/h6-12,14-15,20-21H,5,13H2,1-4H3. The largest absolute Gasteiger partial charge is 0.308 e. The van der Waals surface area contributed by atoms with Crippen LogP contribution < -0.4 is 5.32 Å². The predicted octanol–water partition coefficient (Wildman–Crippen LogP) is 4.96. The first-order valence-corrected chi connectivity index (χ1v) is 7.89. The van der Waals surface area contributed by atoms with Gasteiger partial charge in [0.2, 0.25) is 0 Å². The van der Waals surface area contributed by atoms with E-state index in [1.165, 1.54) is 21.9 Å². The first kappa shape index (κ1) is 15.8. The van der Waals surface area contributed by atoms with Crippen LogP contribution in [0.3, 0.4) is 0 Å². The van der Waals surface area contributed by atoms with E-state index in [-0.39, 0.29) is 0 Å². The van der Waals surface area contributed by atoms with Gasteiger partial charge in [-0.15, -0.1) is 0 Å². The molecule has 0 radical (unpaired) electrons. The molecule has 0 heterocycles. The van der Waals surface area contributed by atoms with Crippen LogP contribution in [0.4, 0.5) is 0 Å². The van der Waals surface area contributed by atoms with Crippen LogP contribution in [0.15, 0.2) is 54.6 Å². The number of fused-ring (bicyclic) bond motifs is 1. The fraction of sp³-hybridized carbons (Fsp3) is 0.400. The van der Waals surface area contributed by atoms with Gasteiger partial charge in [0.1, 0.15) is 0 Å². The van der Waals surface area contributed by atoms with Crippen LogP contribution >= 0.6 is 0 Å². The number of hydrogen-bond donors (Lipinski definition) is 1. The Bertz CT molecular complexity index is 610. The van der Waals surface area contributed by atoms with Crippen molar-refractivity contribution >= 4 is 10.8 Å². The molecule has 21 heavy (non-hydrogen) atoms. The number of benzene rings is 2. The molecule has 1 atom stereocenters. The highest BCUT2D eigenvalue weighted by molar-refractivity contribution is 5.83. The molecule has 1 nitrogen and oxygen atoms in total. The zero-order valence-electron chi connectivity index (χ0n) is 13.7. The van der Waals surface area contributed by atoms with Gasteiger partial charge in [-0.1, -0.05) is 82.3 Å². The molecule has 0 aliphatic heterocycles. The third-order valence-electron chi connectivity index (χ3n) is 3.98. The highest BCUT2D eigenvalue weighted by Crippen LogP contribution is 2.20. The zero-order chi connectivity index (χ0) is 15.4. The summed E-state index contributed by atoms with van der Waals surface area (Å²) in [5.74, 6) is 0.502. The lowest BCUT2D eigenvalue weighted by atomic mass is 9.91. The number of rotatable bonds is 6. The van der Waals surface area contributed by atoms with Crippen LogP contribution in [0.1, 0.15) is 33.3 Å². The molecule has 0 fully saturated rings. The number of nitrogens with one attached hydrogen (secondary N) is 1. The van der Waals surface area contributed by atoms with Crippen LogP contribution in [0, 0.1) is 5.92 Å². The van der Waals surface area contributed by atoms with Crippen LogP contribution in [-0.2, 0) is 6.42 Å². The Balaban J connectivity index is 2.23. The second-order valence-corrected chi connectivity index (χ2v) is 6.49. The van der Waals surface area contributed by atoms with Gasteiger partial charge in [-0.05, 0) is 28.7 Å². The third kappa shape index (κ3) is 4.18. The molecule has 2 rings (SSSR count). The van der Waals surface area contributed by atoms with Crippen molar-refractivity contribution < 1.29 is 0 Å². The second kappa shape index (κ2) is 6.91.